The van der Waals surface area contributed by atoms with Gasteiger partial charge in [0.05, 0.1) is 6.04 Å². The van der Waals surface area contributed by atoms with E-state index in [1.807, 2.05) is 45.0 Å². The van der Waals surface area contributed by atoms with E-state index in [1.54, 1.807) is 17.0 Å². The average molecular weight is 372 g/mol. The molecule has 0 aromatic heterocycles. The highest BCUT2D eigenvalue weighted by Gasteiger charge is 2.31. The summed E-state index contributed by atoms with van der Waals surface area (Å²) in [6, 6.07) is 10.7. The molecule has 2 aromatic rings. The predicted molar refractivity (Wildman–Crippen MR) is 105 cm³/mol. The lowest BCUT2D eigenvalue weighted by molar-refractivity contribution is -0.117. The summed E-state index contributed by atoms with van der Waals surface area (Å²) in [6.07, 6.45) is 0.287. The number of amides is 3. The van der Waals surface area contributed by atoms with Crippen molar-refractivity contribution in [2.45, 2.75) is 33.2 Å². The molecule has 3 amide bonds. The molecule has 1 aliphatic rings. The molecule has 1 aliphatic heterocycles. The van der Waals surface area contributed by atoms with E-state index in [2.05, 4.69) is 10.6 Å². The smallest absolute Gasteiger partial charge is 0.319 e. The second-order valence-corrected chi connectivity index (χ2v) is 7.14. The summed E-state index contributed by atoms with van der Waals surface area (Å²) in [7, 11) is 0. The molecule has 6 heteroatoms. The van der Waals surface area contributed by atoms with Gasteiger partial charge in [0.15, 0.2) is 0 Å². The first-order chi connectivity index (χ1) is 12.3. The van der Waals surface area contributed by atoms with E-state index in [0.717, 1.165) is 16.8 Å². The Hall–Kier alpha value is -2.53. The number of nitrogens with one attached hydrogen (secondary N) is 2. The normalized spacial score (nSPS) is 16.7. The van der Waals surface area contributed by atoms with Gasteiger partial charge in [-0.1, -0.05) is 23.7 Å². The molecular weight excluding hydrogens is 350 g/mol. The largest absolute Gasteiger partial charge is 0.333 e. The van der Waals surface area contributed by atoms with Gasteiger partial charge in [0.25, 0.3) is 0 Å². The molecule has 2 aromatic carbocycles. The lowest BCUT2D eigenvalue weighted by Crippen LogP contribution is -2.39. The maximum Gasteiger partial charge on any atom is 0.319 e. The Morgan fingerprint density at radius 3 is 2.50 bits per heavy atom. The van der Waals surface area contributed by atoms with Crippen molar-refractivity contribution in [2.24, 2.45) is 0 Å². The molecule has 26 heavy (non-hydrogen) atoms. The van der Waals surface area contributed by atoms with Crippen LogP contribution in [-0.4, -0.2) is 24.5 Å². The van der Waals surface area contributed by atoms with Crippen LogP contribution in [0.25, 0.3) is 0 Å². The topological polar surface area (TPSA) is 61.4 Å². The summed E-state index contributed by atoms with van der Waals surface area (Å²) in [5, 5.41) is 6.22. The Balaban J connectivity index is 1.62. The molecule has 0 unspecified atom stereocenters. The molecule has 5 nitrogen and oxygen atoms in total. The van der Waals surface area contributed by atoms with Gasteiger partial charge in [-0.2, -0.15) is 0 Å². The fourth-order valence-electron chi connectivity index (χ4n) is 2.97. The number of anilines is 2. The van der Waals surface area contributed by atoms with Gasteiger partial charge in [-0.3, -0.25) is 4.79 Å². The molecule has 0 spiro atoms. The molecule has 0 aliphatic carbocycles. The summed E-state index contributed by atoms with van der Waals surface area (Å²) in [6.45, 7) is 6.42. The predicted octanol–water partition coefficient (Wildman–Crippen LogP) is 4.19. The van der Waals surface area contributed by atoms with Crippen molar-refractivity contribution in [3.05, 3.63) is 58.1 Å². The quantitative estimate of drug-likeness (QED) is 0.849. The van der Waals surface area contributed by atoms with Crippen molar-refractivity contribution in [3.8, 4) is 0 Å². The number of nitrogens with zero attached hydrogens (tertiary/aromatic N) is 1. The van der Waals surface area contributed by atoms with Crippen LogP contribution in [0.15, 0.2) is 36.4 Å². The van der Waals surface area contributed by atoms with Gasteiger partial charge < -0.3 is 15.5 Å². The SMILES string of the molecule is Cc1ccc(N2C[C@@H](NC(=O)Nc3ccc(C)c(Cl)c3)CC2=O)cc1C. The van der Waals surface area contributed by atoms with Crippen LogP contribution in [0.3, 0.4) is 0 Å². The fourth-order valence-corrected chi connectivity index (χ4v) is 3.15. The van der Waals surface area contributed by atoms with Crippen LogP contribution >= 0.6 is 11.6 Å². The third-order valence-electron chi connectivity index (χ3n) is 4.69. The first-order valence-electron chi connectivity index (χ1n) is 8.55. The Morgan fingerprint density at radius 1 is 1.08 bits per heavy atom. The molecule has 3 rings (SSSR count). The van der Waals surface area contributed by atoms with Gasteiger partial charge in [-0.15, -0.1) is 0 Å². The van der Waals surface area contributed by atoms with E-state index in [4.69, 9.17) is 11.6 Å². The maximum absolute atomic E-state index is 12.3. The Bertz CT molecular complexity index is 866. The summed E-state index contributed by atoms with van der Waals surface area (Å²) >= 11 is 6.07. The monoisotopic (exact) mass is 371 g/mol. The molecule has 136 valence electrons. The number of carbonyl (C=O) groups is 2. The lowest BCUT2D eigenvalue weighted by Gasteiger charge is -2.18. The Labute approximate surface area is 158 Å². The van der Waals surface area contributed by atoms with Crippen LogP contribution in [0, 0.1) is 20.8 Å². The molecule has 1 heterocycles. The minimum absolute atomic E-state index is 0.0110. The van der Waals surface area contributed by atoms with Crippen LogP contribution in [0.2, 0.25) is 5.02 Å². The number of hydrogen-bond acceptors (Lipinski definition) is 2. The van der Waals surface area contributed by atoms with E-state index in [0.29, 0.717) is 17.3 Å². The van der Waals surface area contributed by atoms with Crippen molar-refractivity contribution < 1.29 is 9.59 Å². The van der Waals surface area contributed by atoms with Gasteiger partial charge in [-0.05, 0) is 61.7 Å². The summed E-state index contributed by atoms with van der Waals surface area (Å²) in [5.74, 6) is 0.0110. The van der Waals surface area contributed by atoms with E-state index >= 15 is 0 Å². The van der Waals surface area contributed by atoms with Gasteiger partial charge in [-0.25, -0.2) is 4.79 Å². The lowest BCUT2D eigenvalue weighted by atomic mass is 10.1. The number of carbonyl (C=O) groups excluding carboxylic acids is 2. The minimum atomic E-state index is -0.343. The third-order valence-corrected chi connectivity index (χ3v) is 5.10. The van der Waals surface area contributed by atoms with Crippen molar-refractivity contribution in [2.75, 3.05) is 16.8 Å². The summed E-state index contributed by atoms with van der Waals surface area (Å²) in [4.78, 5) is 26.3. The number of urea groups is 1. The van der Waals surface area contributed by atoms with E-state index in [1.165, 1.54) is 5.56 Å². The van der Waals surface area contributed by atoms with Gasteiger partial charge >= 0.3 is 6.03 Å². The molecule has 1 atom stereocenters. The number of aryl methyl sites for hydroxylation is 3. The zero-order valence-electron chi connectivity index (χ0n) is 15.1. The van der Waals surface area contributed by atoms with E-state index in [-0.39, 0.29) is 24.4 Å². The van der Waals surface area contributed by atoms with Crippen LogP contribution in [0.1, 0.15) is 23.1 Å². The molecule has 0 radical (unpaired) electrons. The van der Waals surface area contributed by atoms with Crippen molar-refractivity contribution in [1.29, 1.82) is 0 Å². The first-order valence-corrected chi connectivity index (χ1v) is 8.92. The highest BCUT2D eigenvalue weighted by molar-refractivity contribution is 6.31. The maximum atomic E-state index is 12.3. The van der Waals surface area contributed by atoms with Crippen LogP contribution in [0.5, 0.6) is 0 Å². The van der Waals surface area contributed by atoms with Crippen LogP contribution < -0.4 is 15.5 Å². The molecule has 1 fully saturated rings. The van der Waals surface area contributed by atoms with Gasteiger partial charge in [0.2, 0.25) is 5.91 Å². The second kappa shape index (κ2) is 7.38. The van der Waals surface area contributed by atoms with Gasteiger partial charge in [0, 0.05) is 29.4 Å². The summed E-state index contributed by atoms with van der Waals surface area (Å²) in [5.41, 5.74) is 4.76. The van der Waals surface area contributed by atoms with Crippen molar-refractivity contribution in [3.63, 3.8) is 0 Å². The Kier molecular flexibility index (Phi) is 5.18. The number of hydrogen-bond donors (Lipinski definition) is 2. The molecular formula is C20H22ClN3O2. The van der Waals surface area contributed by atoms with Gasteiger partial charge in [0.1, 0.15) is 0 Å². The first kappa shape index (κ1) is 18.3. The van der Waals surface area contributed by atoms with Crippen LogP contribution in [0.4, 0.5) is 16.2 Å². The number of benzene rings is 2. The fraction of sp³-hybridized carbons (Fsp3) is 0.300. The van der Waals surface area contributed by atoms with Crippen molar-refractivity contribution in [1.82, 2.24) is 5.32 Å². The third kappa shape index (κ3) is 3.99. The standard InChI is InChI=1S/C20H22ClN3O2/c1-12-5-7-17(8-14(12)3)24-11-16(10-19(24)25)23-20(26)22-15-6-4-13(2)18(21)9-15/h4-9,16H,10-11H2,1-3H3,(H2,22,23,26)/t16-/m0/s1. The van der Waals surface area contributed by atoms with Crippen molar-refractivity contribution >= 4 is 34.9 Å². The molecule has 1 saturated heterocycles. The summed E-state index contributed by atoms with van der Waals surface area (Å²) < 4.78 is 0. The molecule has 0 bridgehead atoms. The van der Waals surface area contributed by atoms with Crippen LogP contribution in [-0.2, 0) is 4.79 Å². The molecule has 0 saturated carbocycles. The zero-order valence-corrected chi connectivity index (χ0v) is 15.9. The minimum Gasteiger partial charge on any atom is -0.333 e. The highest BCUT2D eigenvalue weighted by atomic mass is 35.5. The average Bonchev–Trinajstić information content (AvgIpc) is 2.93. The van der Waals surface area contributed by atoms with E-state index in [9.17, 15) is 9.59 Å². The highest BCUT2D eigenvalue weighted by Crippen LogP contribution is 2.24. The molecule has 2 N–H and O–H groups in total. The number of halogens is 1. The number of rotatable bonds is 3. The zero-order chi connectivity index (χ0) is 18.8. The Morgan fingerprint density at radius 2 is 1.81 bits per heavy atom. The van der Waals surface area contributed by atoms with E-state index < -0.39 is 0 Å². The second-order valence-electron chi connectivity index (χ2n) is 6.74.